The number of hydrogen-bond donors (Lipinski definition) is 2. The summed E-state index contributed by atoms with van der Waals surface area (Å²) >= 11 is 0. The van der Waals surface area contributed by atoms with Gasteiger partial charge in [0, 0.05) is 18.8 Å². The quantitative estimate of drug-likeness (QED) is 0.755. The molecule has 0 spiro atoms. The summed E-state index contributed by atoms with van der Waals surface area (Å²) in [5.74, 6) is -0.0775. The summed E-state index contributed by atoms with van der Waals surface area (Å²) in [5, 5.41) is 2.90. The maximum Gasteiger partial charge on any atom is 0.248 e. The molecule has 1 aromatic rings. The second kappa shape index (κ2) is 8.76. The van der Waals surface area contributed by atoms with E-state index >= 15 is 0 Å². The highest BCUT2D eigenvalue weighted by Gasteiger charge is 2.18. The number of hydrogen-bond acceptors (Lipinski definition) is 4. The van der Waals surface area contributed by atoms with Gasteiger partial charge < -0.3 is 20.5 Å². The van der Waals surface area contributed by atoms with E-state index < -0.39 is 6.10 Å². The Morgan fingerprint density at radius 3 is 2.86 bits per heavy atom. The molecular weight excluding hydrogens is 280 g/mol. The van der Waals surface area contributed by atoms with Gasteiger partial charge in [-0.15, -0.1) is 0 Å². The third-order valence-electron chi connectivity index (χ3n) is 3.87. The fourth-order valence-electron chi connectivity index (χ4n) is 2.42. The molecule has 1 aromatic carbocycles. The van der Waals surface area contributed by atoms with Gasteiger partial charge in [-0.05, 0) is 50.3 Å². The summed E-state index contributed by atoms with van der Waals surface area (Å²) in [4.78, 5) is 12.0. The van der Waals surface area contributed by atoms with Crippen molar-refractivity contribution >= 4 is 11.6 Å². The number of nitrogen functional groups attached to an aromatic ring is 1. The minimum atomic E-state index is -0.447. The van der Waals surface area contributed by atoms with Crippen molar-refractivity contribution in [1.29, 1.82) is 0 Å². The SMILES string of the molecule is CC(OCC1CCCCO1)C(=O)NCCc1ccc(N)cc1. The van der Waals surface area contributed by atoms with Crippen LogP contribution in [0.4, 0.5) is 5.69 Å². The van der Waals surface area contributed by atoms with Crippen molar-refractivity contribution in [2.45, 2.75) is 44.8 Å². The molecule has 0 radical (unpaired) electrons. The molecule has 22 heavy (non-hydrogen) atoms. The fraction of sp³-hybridized carbons (Fsp3) is 0.588. The highest BCUT2D eigenvalue weighted by atomic mass is 16.5. The van der Waals surface area contributed by atoms with E-state index in [9.17, 15) is 4.79 Å². The summed E-state index contributed by atoms with van der Waals surface area (Å²) in [7, 11) is 0. The van der Waals surface area contributed by atoms with E-state index in [2.05, 4.69) is 5.32 Å². The van der Waals surface area contributed by atoms with E-state index in [1.807, 2.05) is 24.3 Å². The van der Waals surface area contributed by atoms with Crippen LogP contribution in [0.15, 0.2) is 24.3 Å². The summed E-state index contributed by atoms with van der Waals surface area (Å²) in [6, 6.07) is 7.68. The first kappa shape index (κ1) is 16.8. The number of nitrogens with two attached hydrogens (primary N) is 1. The van der Waals surface area contributed by atoms with Gasteiger partial charge in [-0.3, -0.25) is 4.79 Å². The van der Waals surface area contributed by atoms with E-state index in [-0.39, 0.29) is 12.0 Å². The number of benzene rings is 1. The Morgan fingerprint density at radius 1 is 1.41 bits per heavy atom. The lowest BCUT2D eigenvalue weighted by Crippen LogP contribution is -2.37. The second-order valence-electron chi connectivity index (χ2n) is 5.75. The largest absolute Gasteiger partial charge is 0.399 e. The third-order valence-corrected chi connectivity index (χ3v) is 3.87. The van der Waals surface area contributed by atoms with Gasteiger partial charge >= 0.3 is 0 Å². The van der Waals surface area contributed by atoms with Gasteiger partial charge in [-0.25, -0.2) is 0 Å². The van der Waals surface area contributed by atoms with Crippen molar-refractivity contribution in [3.63, 3.8) is 0 Å². The van der Waals surface area contributed by atoms with E-state index in [1.54, 1.807) is 6.92 Å². The van der Waals surface area contributed by atoms with Crippen molar-refractivity contribution < 1.29 is 14.3 Å². The second-order valence-corrected chi connectivity index (χ2v) is 5.75. The highest BCUT2D eigenvalue weighted by Crippen LogP contribution is 2.13. The molecule has 1 saturated heterocycles. The van der Waals surface area contributed by atoms with Gasteiger partial charge in [0.25, 0.3) is 0 Å². The lowest BCUT2D eigenvalue weighted by atomic mass is 10.1. The molecule has 1 heterocycles. The van der Waals surface area contributed by atoms with E-state index in [1.165, 1.54) is 6.42 Å². The molecule has 1 amide bonds. The number of nitrogens with one attached hydrogen (secondary N) is 1. The summed E-state index contributed by atoms with van der Waals surface area (Å²) in [6.45, 7) is 3.67. The van der Waals surface area contributed by atoms with Gasteiger partial charge in [0.1, 0.15) is 6.10 Å². The van der Waals surface area contributed by atoms with Crippen LogP contribution in [-0.2, 0) is 20.7 Å². The zero-order valence-corrected chi connectivity index (χ0v) is 13.2. The average Bonchev–Trinajstić information content (AvgIpc) is 2.55. The fourth-order valence-corrected chi connectivity index (χ4v) is 2.42. The first-order valence-corrected chi connectivity index (χ1v) is 8.00. The molecule has 0 bridgehead atoms. The zero-order chi connectivity index (χ0) is 15.8. The molecule has 5 nitrogen and oxygen atoms in total. The Kier molecular flexibility index (Phi) is 6.68. The maximum atomic E-state index is 12.0. The molecule has 5 heteroatoms. The molecule has 1 fully saturated rings. The van der Waals surface area contributed by atoms with Crippen LogP contribution in [0.5, 0.6) is 0 Å². The Morgan fingerprint density at radius 2 is 2.18 bits per heavy atom. The highest BCUT2D eigenvalue weighted by molar-refractivity contribution is 5.80. The van der Waals surface area contributed by atoms with Crippen molar-refractivity contribution in [3.8, 4) is 0 Å². The van der Waals surface area contributed by atoms with Gasteiger partial charge in [0.15, 0.2) is 0 Å². The predicted molar refractivity (Wildman–Crippen MR) is 86.6 cm³/mol. The van der Waals surface area contributed by atoms with Crippen LogP contribution >= 0.6 is 0 Å². The number of ether oxygens (including phenoxy) is 2. The minimum absolute atomic E-state index is 0.0775. The Balaban J connectivity index is 1.62. The van der Waals surface area contributed by atoms with E-state index in [0.717, 1.165) is 37.1 Å². The summed E-state index contributed by atoms with van der Waals surface area (Å²) < 4.78 is 11.2. The van der Waals surface area contributed by atoms with Crippen LogP contribution in [0.25, 0.3) is 0 Å². The monoisotopic (exact) mass is 306 g/mol. The molecule has 122 valence electrons. The summed E-state index contributed by atoms with van der Waals surface area (Å²) in [6.07, 6.45) is 3.79. The normalized spacial score (nSPS) is 19.6. The molecule has 1 aliphatic heterocycles. The van der Waals surface area contributed by atoms with Crippen LogP contribution in [0, 0.1) is 0 Å². The van der Waals surface area contributed by atoms with E-state index in [4.69, 9.17) is 15.2 Å². The minimum Gasteiger partial charge on any atom is -0.399 e. The average molecular weight is 306 g/mol. The maximum absolute atomic E-state index is 12.0. The molecular formula is C17H26N2O3. The van der Waals surface area contributed by atoms with Gasteiger partial charge in [0.2, 0.25) is 5.91 Å². The first-order chi connectivity index (χ1) is 10.6. The summed E-state index contributed by atoms with van der Waals surface area (Å²) in [5.41, 5.74) is 7.54. The lowest BCUT2D eigenvalue weighted by Gasteiger charge is -2.23. The predicted octanol–water partition coefficient (Wildman–Crippen LogP) is 1.90. The Hall–Kier alpha value is -1.59. The molecule has 0 aliphatic carbocycles. The van der Waals surface area contributed by atoms with Crippen LogP contribution in [0.1, 0.15) is 31.7 Å². The Bertz CT molecular complexity index is 455. The molecule has 0 aromatic heterocycles. The standard InChI is InChI=1S/C17H26N2O3/c1-13(22-12-16-4-2-3-11-21-16)17(20)19-10-9-14-5-7-15(18)8-6-14/h5-8,13,16H,2-4,9-12,18H2,1H3,(H,19,20). The van der Waals surface area contributed by atoms with Crippen LogP contribution < -0.4 is 11.1 Å². The van der Waals surface area contributed by atoms with Crippen LogP contribution in [-0.4, -0.2) is 37.9 Å². The number of anilines is 1. The molecule has 3 N–H and O–H groups in total. The van der Waals surface area contributed by atoms with E-state index in [0.29, 0.717) is 13.2 Å². The smallest absolute Gasteiger partial charge is 0.248 e. The Labute approximate surface area is 132 Å². The van der Waals surface area contributed by atoms with Gasteiger partial charge in [-0.1, -0.05) is 12.1 Å². The molecule has 2 rings (SSSR count). The number of rotatable bonds is 7. The van der Waals surface area contributed by atoms with Crippen LogP contribution in [0.3, 0.4) is 0 Å². The van der Waals surface area contributed by atoms with Gasteiger partial charge in [-0.2, -0.15) is 0 Å². The molecule has 2 atom stereocenters. The molecule has 2 unspecified atom stereocenters. The van der Waals surface area contributed by atoms with Crippen molar-refractivity contribution in [1.82, 2.24) is 5.32 Å². The molecule has 1 aliphatic rings. The van der Waals surface area contributed by atoms with Crippen molar-refractivity contribution in [2.24, 2.45) is 0 Å². The van der Waals surface area contributed by atoms with Crippen molar-refractivity contribution in [2.75, 3.05) is 25.5 Å². The first-order valence-electron chi connectivity index (χ1n) is 8.00. The van der Waals surface area contributed by atoms with Crippen LogP contribution in [0.2, 0.25) is 0 Å². The van der Waals surface area contributed by atoms with Gasteiger partial charge in [0.05, 0.1) is 12.7 Å². The molecule has 0 saturated carbocycles. The number of carbonyl (C=O) groups is 1. The number of carbonyl (C=O) groups excluding carboxylic acids is 1. The zero-order valence-electron chi connectivity index (χ0n) is 13.2. The number of amides is 1. The lowest BCUT2D eigenvalue weighted by molar-refractivity contribution is -0.135. The third kappa shape index (κ3) is 5.66. The van der Waals surface area contributed by atoms with Crippen molar-refractivity contribution in [3.05, 3.63) is 29.8 Å². The topological polar surface area (TPSA) is 73.6 Å².